The number of amides is 1. The molecule has 0 radical (unpaired) electrons. The third kappa shape index (κ3) is 2.96. The molecule has 0 aliphatic carbocycles. The molecule has 0 saturated carbocycles. The van der Waals surface area contributed by atoms with E-state index in [1.165, 1.54) is 34.9 Å². The van der Waals surface area contributed by atoms with Gasteiger partial charge in [0.15, 0.2) is 5.56 Å². The molecule has 2 heterocycles. The number of rotatable bonds is 3. The number of hydrogen-bond acceptors (Lipinski definition) is 4. The van der Waals surface area contributed by atoms with Crippen LogP contribution in [0.25, 0.3) is 5.65 Å². The minimum Gasteiger partial charge on any atom is -0.493 e. The van der Waals surface area contributed by atoms with Crippen LogP contribution < -0.4 is 10.9 Å². The zero-order chi connectivity index (χ0) is 17.3. The van der Waals surface area contributed by atoms with Crippen LogP contribution in [0, 0.1) is 12.7 Å². The van der Waals surface area contributed by atoms with E-state index in [0.717, 1.165) is 5.56 Å². The number of carbonyl (C=O) groups is 1. The molecule has 3 aromatic rings. The van der Waals surface area contributed by atoms with E-state index in [4.69, 9.17) is 0 Å². The van der Waals surface area contributed by atoms with Gasteiger partial charge in [0, 0.05) is 12.7 Å². The molecule has 0 atom stereocenters. The highest BCUT2D eigenvalue weighted by Crippen LogP contribution is 2.12. The number of halogens is 1. The molecule has 1 amide bonds. The van der Waals surface area contributed by atoms with E-state index in [2.05, 4.69) is 10.3 Å². The van der Waals surface area contributed by atoms with Crippen molar-refractivity contribution in [3.8, 4) is 5.88 Å². The molecule has 0 aliphatic heterocycles. The third-order valence-corrected chi connectivity index (χ3v) is 3.56. The molecule has 1 aromatic carbocycles. The lowest BCUT2D eigenvalue weighted by atomic mass is 10.2. The van der Waals surface area contributed by atoms with Crippen molar-refractivity contribution in [3.05, 3.63) is 75.5 Å². The number of aromatic hydroxyl groups is 1. The fraction of sp³-hybridized carbons (Fsp3) is 0.118. The summed E-state index contributed by atoms with van der Waals surface area (Å²) in [6.07, 6.45) is 1.50. The van der Waals surface area contributed by atoms with Gasteiger partial charge in [0.1, 0.15) is 11.5 Å². The van der Waals surface area contributed by atoms with E-state index in [1.807, 2.05) is 6.92 Å². The smallest absolute Gasteiger partial charge is 0.274 e. The molecular weight excluding hydrogens is 313 g/mol. The van der Waals surface area contributed by atoms with Crippen LogP contribution in [0.3, 0.4) is 0 Å². The highest BCUT2D eigenvalue weighted by molar-refractivity contribution is 5.96. The number of aryl methyl sites for hydroxylation is 1. The quantitative estimate of drug-likeness (QED) is 0.768. The van der Waals surface area contributed by atoms with E-state index in [-0.39, 0.29) is 18.0 Å². The number of hydrogen-bond donors (Lipinski definition) is 2. The van der Waals surface area contributed by atoms with Crippen LogP contribution in [-0.2, 0) is 6.54 Å². The summed E-state index contributed by atoms with van der Waals surface area (Å²) in [5.41, 5.74) is 0.698. The summed E-state index contributed by atoms with van der Waals surface area (Å²) >= 11 is 0. The molecule has 2 aromatic heterocycles. The first-order valence-electron chi connectivity index (χ1n) is 7.20. The molecule has 122 valence electrons. The highest BCUT2D eigenvalue weighted by atomic mass is 19.1. The lowest BCUT2D eigenvalue weighted by Gasteiger charge is -2.08. The van der Waals surface area contributed by atoms with E-state index < -0.39 is 22.9 Å². The van der Waals surface area contributed by atoms with E-state index in [9.17, 15) is 19.1 Å². The summed E-state index contributed by atoms with van der Waals surface area (Å²) in [6.45, 7) is 1.92. The lowest BCUT2D eigenvalue weighted by Crippen LogP contribution is -2.31. The summed E-state index contributed by atoms with van der Waals surface area (Å²) < 4.78 is 14.1. The van der Waals surface area contributed by atoms with Gasteiger partial charge in [-0.1, -0.05) is 12.1 Å². The maximum Gasteiger partial charge on any atom is 0.274 e. The summed E-state index contributed by atoms with van der Waals surface area (Å²) in [6, 6.07) is 8.91. The number of benzene rings is 1. The van der Waals surface area contributed by atoms with Gasteiger partial charge in [0.05, 0.1) is 0 Å². The Morgan fingerprint density at radius 1 is 1.29 bits per heavy atom. The Morgan fingerprint density at radius 2 is 2.00 bits per heavy atom. The third-order valence-electron chi connectivity index (χ3n) is 3.56. The van der Waals surface area contributed by atoms with Crippen molar-refractivity contribution in [2.45, 2.75) is 13.5 Å². The van der Waals surface area contributed by atoms with Gasteiger partial charge in [0.25, 0.3) is 11.5 Å². The first-order chi connectivity index (χ1) is 11.5. The zero-order valence-electron chi connectivity index (χ0n) is 12.8. The number of carbonyl (C=O) groups excluding carboxylic acids is 1. The molecule has 0 bridgehead atoms. The Balaban J connectivity index is 1.90. The van der Waals surface area contributed by atoms with Crippen LogP contribution in [0.15, 0.2) is 47.4 Å². The second kappa shape index (κ2) is 6.11. The van der Waals surface area contributed by atoms with Crippen LogP contribution in [0.5, 0.6) is 5.88 Å². The number of aromatic nitrogens is 2. The maximum absolute atomic E-state index is 12.9. The van der Waals surface area contributed by atoms with Gasteiger partial charge in [-0.3, -0.25) is 14.0 Å². The molecule has 3 rings (SSSR count). The second-order valence-corrected chi connectivity index (χ2v) is 5.36. The monoisotopic (exact) mass is 327 g/mol. The number of fused-ring (bicyclic) bond motifs is 1. The van der Waals surface area contributed by atoms with Crippen molar-refractivity contribution in [1.82, 2.24) is 14.7 Å². The van der Waals surface area contributed by atoms with E-state index in [1.54, 1.807) is 12.1 Å². The molecule has 7 heteroatoms. The normalized spacial score (nSPS) is 10.8. The average Bonchev–Trinajstić information content (AvgIpc) is 2.54. The van der Waals surface area contributed by atoms with Crippen molar-refractivity contribution in [1.29, 1.82) is 0 Å². The van der Waals surface area contributed by atoms with Crippen LogP contribution in [-0.4, -0.2) is 20.4 Å². The van der Waals surface area contributed by atoms with Gasteiger partial charge in [0.2, 0.25) is 5.88 Å². The van der Waals surface area contributed by atoms with Crippen molar-refractivity contribution in [2.24, 2.45) is 0 Å². The lowest BCUT2D eigenvalue weighted by molar-refractivity contribution is 0.0945. The van der Waals surface area contributed by atoms with E-state index in [0.29, 0.717) is 5.56 Å². The standard InChI is InChI=1S/C17H14FN3O3/c1-10-6-7-21-13(8-10)20-16(23)14(17(21)24)15(22)19-9-11-2-4-12(18)5-3-11/h2-8,23H,9H2,1H3,(H,19,22). The summed E-state index contributed by atoms with van der Waals surface area (Å²) in [4.78, 5) is 28.5. The first kappa shape index (κ1) is 15.7. The van der Waals surface area contributed by atoms with Crippen molar-refractivity contribution >= 4 is 11.6 Å². The minimum atomic E-state index is -0.746. The molecule has 0 saturated heterocycles. The van der Waals surface area contributed by atoms with Crippen molar-refractivity contribution < 1.29 is 14.3 Å². The van der Waals surface area contributed by atoms with Crippen LogP contribution in [0.2, 0.25) is 0 Å². The summed E-state index contributed by atoms with van der Waals surface area (Å²) in [5.74, 6) is -1.75. The van der Waals surface area contributed by atoms with Crippen LogP contribution >= 0.6 is 0 Å². The average molecular weight is 327 g/mol. The van der Waals surface area contributed by atoms with Crippen molar-refractivity contribution in [2.75, 3.05) is 0 Å². The molecule has 0 spiro atoms. The number of nitrogens with one attached hydrogen (secondary N) is 1. The number of pyridine rings is 1. The Labute approximate surface area is 136 Å². The van der Waals surface area contributed by atoms with Gasteiger partial charge < -0.3 is 10.4 Å². The number of nitrogens with zero attached hydrogens (tertiary/aromatic N) is 2. The Kier molecular flexibility index (Phi) is 3.99. The molecular formula is C17H14FN3O3. The zero-order valence-corrected chi connectivity index (χ0v) is 12.8. The topological polar surface area (TPSA) is 83.7 Å². The Morgan fingerprint density at radius 3 is 2.71 bits per heavy atom. The molecule has 0 aliphatic rings. The van der Waals surface area contributed by atoms with E-state index >= 15 is 0 Å². The predicted molar refractivity (Wildman–Crippen MR) is 85.4 cm³/mol. The molecule has 24 heavy (non-hydrogen) atoms. The Hall–Kier alpha value is -3.22. The van der Waals surface area contributed by atoms with Crippen molar-refractivity contribution in [3.63, 3.8) is 0 Å². The molecule has 2 N–H and O–H groups in total. The first-order valence-corrected chi connectivity index (χ1v) is 7.20. The Bertz CT molecular complexity index is 981. The van der Waals surface area contributed by atoms with Gasteiger partial charge in [-0.2, -0.15) is 4.98 Å². The van der Waals surface area contributed by atoms with Crippen LogP contribution in [0.4, 0.5) is 4.39 Å². The largest absolute Gasteiger partial charge is 0.493 e. The minimum absolute atomic E-state index is 0.0919. The van der Waals surface area contributed by atoms with Gasteiger partial charge in [-0.25, -0.2) is 4.39 Å². The highest BCUT2D eigenvalue weighted by Gasteiger charge is 2.19. The van der Waals surface area contributed by atoms with Gasteiger partial charge in [-0.05, 0) is 42.3 Å². The predicted octanol–water partition coefficient (Wildman–Crippen LogP) is 1.78. The summed E-state index contributed by atoms with van der Waals surface area (Å²) in [7, 11) is 0. The second-order valence-electron chi connectivity index (χ2n) is 5.36. The van der Waals surface area contributed by atoms with Gasteiger partial charge >= 0.3 is 0 Å². The SMILES string of the molecule is Cc1ccn2c(=O)c(C(=O)NCc3ccc(F)cc3)c(O)nc2c1. The molecule has 0 unspecified atom stereocenters. The van der Waals surface area contributed by atoms with Gasteiger partial charge in [-0.15, -0.1) is 0 Å². The molecule has 0 fully saturated rings. The fourth-order valence-electron chi connectivity index (χ4n) is 2.30. The summed E-state index contributed by atoms with van der Waals surface area (Å²) in [5, 5.41) is 12.5. The molecule has 6 nitrogen and oxygen atoms in total. The van der Waals surface area contributed by atoms with Crippen LogP contribution in [0.1, 0.15) is 21.5 Å². The fourth-order valence-corrected chi connectivity index (χ4v) is 2.30. The maximum atomic E-state index is 12.9.